The van der Waals surface area contributed by atoms with Crippen LogP contribution in [0, 0.1) is 0 Å². The van der Waals surface area contributed by atoms with Gasteiger partial charge in [-0.1, -0.05) is 25.1 Å². The van der Waals surface area contributed by atoms with Crippen LogP contribution in [0.3, 0.4) is 0 Å². The van der Waals surface area contributed by atoms with E-state index in [1.807, 2.05) is 6.92 Å². The molecule has 9 heteroatoms. The number of Topliss-reactive ketones (excluding diaryl/α,β-unsaturated/α-hetero) is 1. The van der Waals surface area contributed by atoms with Crippen molar-refractivity contribution in [1.82, 2.24) is 9.88 Å². The number of esters is 1. The quantitative estimate of drug-likeness (QED) is 0.194. The fraction of sp³-hybridized carbons (Fsp3) is 0.241. The molecule has 1 aromatic heterocycles. The minimum absolute atomic E-state index is 0.0605. The number of carbonyl (C=O) groups excluding carboxylic acids is 3. The van der Waals surface area contributed by atoms with Crippen molar-refractivity contribution in [1.29, 1.82) is 0 Å². The SMILES string of the molecule is CCCOC(=O)c1ccc(CN2C(=O)C(=O)/C(=C(\O)c3ccc(OC)cc3OC)C2c2cccnc2)cc1. The lowest BCUT2D eigenvalue weighted by Gasteiger charge is -2.25. The zero-order valence-electron chi connectivity index (χ0n) is 21.3. The summed E-state index contributed by atoms with van der Waals surface area (Å²) in [6, 6.07) is 13.9. The number of rotatable bonds is 9. The number of methoxy groups -OCH3 is 2. The zero-order chi connectivity index (χ0) is 27.2. The highest BCUT2D eigenvalue weighted by atomic mass is 16.5. The van der Waals surface area contributed by atoms with Gasteiger partial charge in [-0.3, -0.25) is 14.6 Å². The lowest BCUT2D eigenvalue weighted by atomic mass is 9.95. The van der Waals surface area contributed by atoms with Gasteiger partial charge in [0.15, 0.2) is 0 Å². The van der Waals surface area contributed by atoms with E-state index in [0.29, 0.717) is 29.0 Å². The number of pyridine rings is 1. The maximum Gasteiger partial charge on any atom is 0.338 e. The average Bonchev–Trinajstić information content (AvgIpc) is 3.20. The third kappa shape index (κ3) is 5.22. The summed E-state index contributed by atoms with van der Waals surface area (Å²) in [6.45, 7) is 2.30. The van der Waals surface area contributed by atoms with Crippen LogP contribution in [0.1, 0.15) is 46.4 Å². The average molecular weight is 517 g/mol. The van der Waals surface area contributed by atoms with Gasteiger partial charge in [0.1, 0.15) is 17.3 Å². The first-order chi connectivity index (χ1) is 18.4. The molecule has 38 heavy (non-hydrogen) atoms. The summed E-state index contributed by atoms with van der Waals surface area (Å²) >= 11 is 0. The second kappa shape index (κ2) is 11.6. The van der Waals surface area contributed by atoms with Crippen molar-refractivity contribution in [3.63, 3.8) is 0 Å². The minimum Gasteiger partial charge on any atom is -0.507 e. The van der Waals surface area contributed by atoms with Gasteiger partial charge in [-0.25, -0.2) is 4.79 Å². The number of nitrogens with zero attached hydrogens (tertiary/aromatic N) is 2. The maximum atomic E-state index is 13.3. The Kier molecular flexibility index (Phi) is 8.06. The molecule has 0 saturated carbocycles. The molecule has 3 aromatic rings. The van der Waals surface area contributed by atoms with Crippen molar-refractivity contribution in [2.45, 2.75) is 25.9 Å². The minimum atomic E-state index is -0.898. The van der Waals surface area contributed by atoms with Gasteiger partial charge >= 0.3 is 5.97 Å². The van der Waals surface area contributed by atoms with Gasteiger partial charge in [-0.2, -0.15) is 0 Å². The van der Waals surface area contributed by atoms with E-state index in [9.17, 15) is 19.5 Å². The molecule has 1 unspecified atom stereocenters. The molecule has 196 valence electrons. The fourth-order valence-corrected chi connectivity index (χ4v) is 4.29. The summed E-state index contributed by atoms with van der Waals surface area (Å²) in [5, 5.41) is 11.4. The topological polar surface area (TPSA) is 115 Å². The van der Waals surface area contributed by atoms with Crippen molar-refractivity contribution in [2.24, 2.45) is 0 Å². The normalized spacial score (nSPS) is 16.4. The Morgan fingerprint density at radius 1 is 1.05 bits per heavy atom. The highest BCUT2D eigenvalue weighted by Gasteiger charge is 2.46. The number of ether oxygens (including phenoxy) is 3. The number of benzene rings is 2. The van der Waals surface area contributed by atoms with Gasteiger partial charge in [0.25, 0.3) is 11.7 Å². The molecule has 1 fully saturated rings. The number of likely N-dealkylation sites (tertiary alicyclic amines) is 1. The Labute approximate surface area is 220 Å². The van der Waals surface area contributed by atoms with Crippen molar-refractivity contribution in [3.8, 4) is 11.5 Å². The van der Waals surface area contributed by atoms with Gasteiger partial charge < -0.3 is 24.2 Å². The van der Waals surface area contributed by atoms with E-state index >= 15 is 0 Å². The molecule has 0 radical (unpaired) electrons. The lowest BCUT2D eigenvalue weighted by molar-refractivity contribution is -0.140. The molecule has 1 saturated heterocycles. The second-order valence-corrected chi connectivity index (χ2v) is 8.61. The molecule has 4 rings (SSSR count). The van der Waals surface area contributed by atoms with Crippen molar-refractivity contribution in [2.75, 3.05) is 20.8 Å². The van der Waals surface area contributed by atoms with Crippen LogP contribution in [0.4, 0.5) is 0 Å². The molecule has 0 aliphatic carbocycles. The molecule has 2 aromatic carbocycles. The van der Waals surface area contributed by atoms with Crippen LogP contribution in [0.25, 0.3) is 5.76 Å². The number of amides is 1. The first-order valence-electron chi connectivity index (χ1n) is 12.1. The Morgan fingerprint density at radius 2 is 1.82 bits per heavy atom. The van der Waals surface area contributed by atoms with Gasteiger partial charge in [-0.05, 0) is 47.9 Å². The molecule has 1 aliphatic rings. The van der Waals surface area contributed by atoms with Crippen molar-refractivity contribution >= 4 is 23.4 Å². The third-order valence-corrected chi connectivity index (χ3v) is 6.18. The standard InChI is InChI=1S/C29H28N2O7/c1-4-14-38-29(35)19-9-7-18(8-10-19)17-31-25(20-6-5-13-30-16-20)24(27(33)28(31)34)26(32)22-12-11-21(36-2)15-23(22)37-3/h5-13,15-16,25,32H,4,14,17H2,1-3H3/b26-24-. The molecule has 1 aliphatic heterocycles. The lowest BCUT2D eigenvalue weighted by Crippen LogP contribution is -2.29. The molecule has 0 spiro atoms. The van der Waals surface area contributed by atoms with Crippen LogP contribution in [0.15, 0.2) is 72.6 Å². The number of carbonyl (C=O) groups is 3. The van der Waals surface area contributed by atoms with E-state index in [1.165, 1.54) is 19.1 Å². The second-order valence-electron chi connectivity index (χ2n) is 8.61. The van der Waals surface area contributed by atoms with E-state index in [-0.39, 0.29) is 29.2 Å². The molecule has 0 bridgehead atoms. The summed E-state index contributed by atoms with van der Waals surface area (Å²) in [4.78, 5) is 44.3. The maximum absolute atomic E-state index is 13.3. The predicted octanol–water partition coefficient (Wildman–Crippen LogP) is 4.29. The summed E-state index contributed by atoms with van der Waals surface area (Å²) in [5.41, 5.74) is 1.80. The molecule has 1 N–H and O–H groups in total. The summed E-state index contributed by atoms with van der Waals surface area (Å²) < 4.78 is 15.8. The molecule has 1 amide bonds. The predicted molar refractivity (Wildman–Crippen MR) is 139 cm³/mol. The van der Waals surface area contributed by atoms with Crippen LogP contribution in [0.2, 0.25) is 0 Å². The number of aliphatic hydroxyl groups is 1. The Morgan fingerprint density at radius 3 is 2.45 bits per heavy atom. The largest absolute Gasteiger partial charge is 0.507 e. The Hall–Kier alpha value is -4.66. The first-order valence-corrected chi connectivity index (χ1v) is 12.1. The monoisotopic (exact) mass is 516 g/mol. The van der Waals surface area contributed by atoms with E-state index < -0.39 is 23.7 Å². The summed E-state index contributed by atoms with van der Waals surface area (Å²) in [5.74, 6) is -1.60. The fourth-order valence-electron chi connectivity index (χ4n) is 4.29. The smallest absolute Gasteiger partial charge is 0.338 e. The molecular weight excluding hydrogens is 488 g/mol. The molecule has 9 nitrogen and oxygen atoms in total. The molecular formula is C29H28N2O7. The van der Waals surface area contributed by atoms with E-state index in [4.69, 9.17) is 14.2 Å². The highest BCUT2D eigenvalue weighted by Crippen LogP contribution is 2.42. The van der Waals surface area contributed by atoms with E-state index in [0.717, 1.165) is 6.42 Å². The molecule has 1 atom stereocenters. The number of aromatic nitrogens is 1. The zero-order valence-corrected chi connectivity index (χ0v) is 21.3. The van der Waals surface area contributed by atoms with Crippen LogP contribution in [-0.2, 0) is 20.9 Å². The third-order valence-electron chi connectivity index (χ3n) is 6.18. The Bertz CT molecular complexity index is 1370. The van der Waals surface area contributed by atoms with E-state index in [1.54, 1.807) is 67.0 Å². The van der Waals surface area contributed by atoms with Gasteiger partial charge in [-0.15, -0.1) is 0 Å². The van der Waals surface area contributed by atoms with Gasteiger partial charge in [0.05, 0.1) is 43.6 Å². The van der Waals surface area contributed by atoms with Crippen molar-refractivity contribution in [3.05, 3.63) is 94.8 Å². The van der Waals surface area contributed by atoms with Crippen LogP contribution in [0.5, 0.6) is 11.5 Å². The van der Waals surface area contributed by atoms with Gasteiger partial charge in [0.2, 0.25) is 0 Å². The number of hydrogen-bond donors (Lipinski definition) is 1. The van der Waals surface area contributed by atoms with Crippen LogP contribution >= 0.6 is 0 Å². The number of hydrogen-bond acceptors (Lipinski definition) is 8. The van der Waals surface area contributed by atoms with Gasteiger partial charge in [0, 0.05) is 25.0 Å². The van der Waals surface area contributed by atoms with E-state index in [2.05, 4.69) is 4.98 Å². The highest BCUT2D eigenvalue weighted by molar-refractivity contribution is 6.46. The van der Waals surface area contributed by atoms with Crippen molar-refractivity contribution < 1.29 is 33.7 Å². The molecule has 2 heterocycles. The van der Waals surface area contributed by atoms with Crippen LogP contribution in [-0.4, -0.2) is 53.5 Å². The Balaban J connectivity index is 1.75. The van der Waals surface area contributed by atoms with Crippen LogP contribution < -0.4 is 9.47 Å². The first kappa shape index (κ1) is 26.4. The summed E-state index contributed by atoms with van der Waals surface area (Å²) in [6.07, 6.45) is 3.85. The number of aliphatic hydroxyl groups excluding tert-OH is 1. The summed E-state index contributed by atoms with van der Waals surface area (Å²) in [7, 11) is 2.94. The number of ketones is 1.